The summed E-state index contributed by atoms with van der Waals surface area (Å²) < 4.78 is 3.89. The van der Waals surface area contributed by atoms with E-state index in [0.717, 1.165) is 45.6 Å². The second kappa shape index (κ2) is 6.87. The molecule has 8 heteroatoms. The molecule has 2 aromatic heterocycles. The molecule has 2 aromatic rings. The van der Waals surface area contributed by atoms with E-state index in [-0.39, 0.29) is 12.1 Å². The number of carbonyl (C=O) groups excluding carboxylic acids is 1. The van der Waals surface area contributed by atoms with Crippen LogP contribution in [0.3, 0.4) is 0 Å². The largest absolute Gasteiger partial charge is 0.336 e. The van der Waals surface area contributed by atoms with Gasteiger partial charge in [0.05, 0.1) is 17.9 Å². The number of nitrogens with zero attached hydrogens (tertiary/aromatic N) is 6. The molecule has 8 nitrogen and oxygen atoms in total. The zero-order valence-corrected chi connectivity index (χ0v) is 14.6. The highest BCUT2D eigenvalue weighted by Gasteiger charge is 2.27. The Morgan fingerprint density at radius 3 is 2.92 bits per heavy atom. The van der Waals surface area contributed by atoms with Gasteiger partial charge in [0.25, 0.3) is 0 Å². The molecule has 1 saturated heterocycles. The Hall–Kier alpha value is -2.35. The molecule has 0 spiro atoms. The minimum absolute atomic E-state index is 0.0515. The number of likely N-dealkylation sites (tertiary alicyclic amines) is 1. The summed E-state index contributed by atoms with van der Waals surface area (Å²) in [6.45, 7) is 4.94. The van der Waals surface area contributed by atoms with Crippen LogP contribution in [0.2, 0.25) is 0 Å². The Kier molecular flexibility index (Phi) is 4.44. The van der Waals surface area contributed by atoms with Gasteiger partial charge in [-0.2, -0.15) is 10.2 Å². The lowest BCUT2D eigenvalue weighted by Crippen LogP contribution is -2.45. The van der Waals surface area contributed by atoms with Crippen LogP contribution in [0.5, 0.6) is 0 Å². The van der Waals surface area contributed by atoms with Crippen LogP contribution in [0.1, 0.15) is 30.1 Å². The van der Waals surface area contributed by atoms with Gasteiger partial charge in [0.15, 0.2) is 0 Å². The number of aromatic nitrogens is 4. The van der Waals surface area contributed by atoms with Crippen molar-refractivity contribution in [1.82, 2.24) is 34.7 Å². The number of rotatable bonds is 4. The van der Waals surface area contributed by atoms with Crippen LogP contribution in [-0.4, -0.2) is 61.6 Å². The summed E-state index contributed by atoms with van der Waals surface area (Å²) in [5.41, 5.74) is 2.39. The van der Waals surface area contributed by atoms with E-state index in [1.165, 1.54) is 11.3 Å². The van der Waals surface area contributed by atoms with Crippen LogP contribution in [0.15, 0.2) is 24.7 Å². The van der Waals surface area contributed by atoms with Gasteiger partial charge in [-0.15, -0.1) is 0 Å². The van der Waals surface area contributed by atoms with Crippen LogP contribution in [0, 0.1) is 0 Å². The topological polar surface area (TPSA) is 71.2 Å². The van der Waals surface area contributed by atoms with E-state index in [1.807, 2.05) is 29.0 Å². The second-order valence-electron chi connectivity index (χ2n) is 6.99. The summed E-state index contributed by atoms with van der Waals surface area (Å²) in [5, 5.41) is 11.8. The average Bonchev–Trinajstić information content (AvgIpc) is 3.33. The first-order chi connectivity index (χ1) is 12.2. The minimum atomic E-state index is 0.0515. The first kappa shape index (κ1) is 16.1. The standard InChI is InChI=1S/C17H25N7O/c1-21-10-14(8-20-21)11-22-12-15-4-5-19-24(15)16(13-22)9-18-17(25)23-6-2-3-7-23/h4-5,8,10,16H,2-3,6-7,9,11-13H2,1H3,(H,18,25)/t16-/m1/s1. The van der Waals surface area contributed by atoms with Gasteiger partial charge in [-0.1, -0.05) is 0 Å². The normalized spacial score (nSPS) is 20.7. The van der Waals surface area contributed by atoms with Crippen molar-refractivity contribution >= 4 is 6.03 Å². The van der Waals surface area contributed by atoms with E-state index in [2.05, 4.69) is 37.4 Å². The van der Waals surface area contributed by atoms with Gasteiger partial charge < -0.3 is 10.2 Å². The highest BCUT2D eigenvalue weighted by molar-refractivity contribution is 5.74. The lowest BCUT2D eigenvalue weighted by Gasteiger charge is -2.34. The molecule has 25 heavy (non-hydrogen) atoms. The molecule has 1 fully saturated rings. The van der Waals surface area contributed by atoms with Crippen molar-refractivity contribution < 1.29 is 4.79 Å². The first-order valence-corrected chi connectivity index (χ1v) is 8.94. The maximum Gasteiger partial charge on any atom is 0.317 e. The molecule has 0 radical (unpaired) electrons. The minimum Gasteiger partial charge on any atom is -0.336 e. The summed E-state index contributed by atoms with van der Waals surface area (Å²) in [4.78, 5) is 16.6. The zero-order valence-electron chi connectivity index (χ0n) is 14.6. The first-order valence-electron chi connectivity index (χ1n) is 8.94. The number of fused-ring (bicyclic) bond motifs is 1. The number of hydrogen-bond donors (Lipinski definition) is 1. The Bertz CT molecular complexity index is 731. The molecule has 134 valence electrons. The Morgan fingerprint density at radius 2 is 2.16 bits per heavy atom. The van der Waals surface area contributed by atoms with Crippen molar-refractivity contribution in [2.75, 3.05) is 26.2 Å². The van der Waals surface area contributed by atoms with Crippen LogP contribution < -0.4 is 5.32 Å². The number of carbonyl (C=O) groups is 1. The van der Waals surface area contributed by atoms with Gasteiger partial charge >= 0.3 is 6.03 Å². The van der Waals surface area contributed by atoms with Gasteiger partial charge in [-0.3, -0.25) is 14.3 Å². The smallest absolute Gasteiger partial charge is 0.317 e. The quantitative estimate of drug-likeness (QED) is 0.898. The third kappa shape index (κ3) is 3.53. The summed E-state index contributed by atoms with van der Waals surface area (Å²) in [7, 11) is 1.94. The fourth-order valence-electron chi connectivity index (χ4n) is 3.79. The number of aryl methyl sites for hydroxylation is 1. The molecular weight excluding hydrogens is 318 g/mol. The maximum atomic E-state index is 12.3. The van der Waals surface area contributed by atoms with Crippen LogP contribution >= 0.6 is 0 Å². The predicted molar refractivity (Wildman–Crippen MR) is 92.8 cm³/mol. The van der Waals surface area contributed by atoms with E-state index in [1.54, 1.807) is 0 Å². The molecule has 2 aliphatic rings. The molecule has 2 aliphatic heterocycles. The van der Waals surface area contributed by atoms with Crippen LogP contribution in [0.25, 0.3) is 0 Å². The second-order valence-corrected chi connectivity index (χ2v) is 6.99. The maximum absolute atomic E-state index is 12.3. The van der Waals surface area contributed by atoms with Gasteiger partial charge in [-0.25, -0.2) is 4.79 Å². The fraction of sp³-hybridized carbons (Fsp3) is 0.588. The van der Waals surface area contributed by atoms with E-state index in [9.17, 15) is 4.79 Å². The number of urea groups is 1. The van der Waals surface area contributed by atoms with Crippen molar-refractivity contribution in [3.05, 3.63) is 35.9 Å². The van der Waals surface area contributed by atoms with Crippen molar-refractivity contribution in [2.45, 2.75) is 32.0 Å². The summed E-state index contributed by atoms with van der Waals surface area (Å²) >= 11 is 0. The fourth-order valence-corrected chi connectivity index (χ4v) is 3.79. The van der Waals surface area contributed by atoms with Gasteiger partial charge in [0.1, 0.15) is 0 Å². The molecule has 1 atom stereocenters. The zero-order chi connectivity index (χ0) is 17.2. The van der Waals surface area contributed by atoms with Crippen molar-refractivity contribution in [2.24, 2.45) is 7.05 Å². The Labute approximate surface area is 147 Å². The number of hydrogen-bond acceptors (Lipinski definition) is 4. The SMILES string of the molecule is Cn1cc(CN2Cc3ccnn3[C@H](CNC(=O)N3CCCC3)C2)cn1. The van der Waals surface area contributed by atoms with Crippen LogP contribution in [0.4, 0.5) is 4.79 Å². The molecule has 4 rings (SSSR count). The van der Waals surface area contributed by atoms with E-state index < -0.39 is 0 Å². The third-order valence-corrected chi connectivity index (χ3v) is 5.00. The highest BCUT2D eigenvalue weighted by atomic mass is 16.2. The Balaban J connectivity index is 1.40. The molecule has 0 aliphatic carbocycles. The summed E-state index contributed by atoms with van der Waals surface area (Å²) in [6.07, 6.45) is 8.03. The van der Waals surface area contributed by atoms with E-state index in [0.29, 0.717) is 6.54 Å². The molecule has 0 unspecified atom stereocenters. The summed E-state index contributed by atoms with van der Waals surface area (Å²) in [6, 6.07) is 2.27. The predicted octanol–water partition coefficient (Wildman–Crippen LogP) is 0.979. The molecule has 2 amide bonds. The average molecular weight is 343 g/mol. The highest BCUT2D eigenvalue weighted by Crippen LogP contribution is 2.21. The van der Waals surface area contributed by atoms with Gasteiger partial charge in [0, 0.05) is 64.3 Å². The van der Waals surface area contributed by atoms with Crippen molar-refractivity contribution in [3.8, 4) is 0 Å². The van der Waals surface area contributed by atoms with Crippen LogP contribution in [-0.2, 0) is 20.1 Å². The van der Waals surface area contributed by atoms with Crippen molar-refractivity contribution in [3.63, 3.8) is 0 Å². The molecular formula is C17H25N7O. The molecule has 0 saturated carbocycles. The molecule has 1 N–H and O–H groups in total. The molecule has 0 aromatic carbocycles. The van der Waals surface area contributed by atoms with Gasteiger partial charge in [0.2, 0.25) is 0 Å². The Morgan fingerprint density at radius 1 is 1.32 bits per heavy atom. The molecule has 4 heterocycles. The van der Waals surface area contributed by atoms with Crippen molar-refractivity contribution in [1.29, 1.82) is 0 Å². The monoisotopic (exact) mass is 343 g/mol. The lowest BCUT2D eigenvalue weighted by atomic mass is 10.1. The van der Waals surface area contributed by atoms with E-state index >= 15 is 0 Å². The van der Waals surface area contributed by atoms with Gasteiger partial charge in [-0.05, 0) is 18.9 Å². The number of nitrogens with one attached hydrogen (secondary N) is 1. The number of amides is 2. The third-order valence-electron chi connectivity index (χ3n) is 5.00. The summed E-state index contributed by atoms with van der Waals surface area (Å²) in [5.74, 6) is 0. The lowest BCUT2D eigenvalue weighted by molar-refractivity contribution is 0.161. The van der Waals surface area contributed by atoms with E-state index in [4.69, 9.17) is 0 Å². The molecule has 0 bridgehead atoms.